The molecule has 9 heteroatoms. The highest BCUT2D eigenvalue weighted by Crippen LogP contribution is 2.42. The summed E-state index contributed by atoms with van der Waals surface area (Å²) in [5.41, 5.74) is 10.3. The van der Waals surface area contributed by atoms with Gasteiger partial charge in [-0.2, -0.15) is 5.26 Å². The molecule has 1 unspecified atom stereocenters. The fraction of sp³-hybridized carbons (Fsp3) is 0.360. The number of nitrogen functional groups attached to an aromatic ring is 1. The molecule has 1 aromatic carbocycles. The van der Waals surface area contributed by atoms with Crippen LogP contribution in [0.3, 0.4) is 0 Å². The van der Waals surface area contributed by atoms with Gasteiger partial charge >= 0.3 is 0 Å². The van der Waals surface area contributed by atoms with Crippen LogP contribution in [0.4, 0.5) is 11.5 Å². The Bertz CT molecular complexity index is 1380. The number of carbonyl (C=O) groups is 1. The van der Waals surface area contributed by atoms with Crippen molar-refractivity contribution in [3.05, 3.63) is 58.6 Å². The normalized spacial score (nSPS) is 22.9. The van der Waals surface area contributed by atoms with Crippen LogP contribution in [-0.2, 0) is 4.79 Å². The first kappa shape index (κ1) is 21.8. The van der Waals surface area contributed by atoms with Crippen LogP contribution in [0.25, 0.3) is 5.70 Å². The molecule has 2 aromatic rings. The second-order valence-corrected chi connectivity index (χ2v) is 9.49. The molecule has 2 atom stereocenters. The van der Waals surface area contributed by atoms with E-state index < -0.39 is 11.5 Å². The predicted molar refractivity (Wildman–Crippen MR) is 126 cm³/mol. The van der Waals surface area contributed by atoms with Crippen molar-refractivity contribution in [3.8, 4) is 11.9 Å². The van der Waals surface area contributed by atoms with Crippen LogP contribution in [0.1, 0.15) is 50.6 Å². The van der Waals surface area contributed by atoms with Gasteiger partial charge < -0.3 is 10.5 Å². The molecule has 0 saturated carbocycles. The molecule has 172 valence electrons. The third-order valence-corrected chi connectivity index (χ3v) is 6.40. The first-order valence-corrected chi connectivity index (χ1v) is 11.2. The van der Waals surface area contributed by atoms with E-state index in [9.17, 15) is 10.1 Å². The lowest BCUT2D eigenvalue weighted by Gasteiger charge is -2.27. The average Bonchev–Trinajstić information content (AvgIpc) is 3.20. The highest BCUT2D eigenvalue weighted by molar-refractivity contribution is 6.05. The molecule has 1 aromatic heterocycles. The lowest BCUT2D eigenvalue weighted by molar-refractivity contribution is -0.493. The summed E-state index contributed by atoms with van der Waals surface area (Å²) in [6.45, 7) is 9.84. The van der Waals surface area contributed by atoms with Gasteiger partial charge in [-0.15, -0.1) is 0 Å². The first-order valence-electron chi connectivity index (χ1n) is 11.2. The quantitative estimate of drug-likeness (QED) is 0.601. The summed E-state index contributed by atoms with van der Waals surface area (Å²) in [7, 11) is 0. The van der Waals surface area contributed by atoms with Crippen LogP contribution in [0.5, 0.6) is 5.88 Å². The van der Waals surface area contributed by atoms with Gasteiger partial charge in [-0.05, 0) is 51.9 Å². The molecule has 5 rings (SSSR count). The van der Waals surface area contributed by atoms with E-state index in [0.29, 0.717) is 23.5 Å². The fourth-order valence-corrected chi connectivity index (χ4v) is 4.71. The topological polar surface area (TPSA) is 120 Å². The van der Waals surface area contributed by atoms with E-state index in [2.05, 4.69) is 16.0 Å². The van der Waals surface area contributed by atoms with Crippen molar-refractivity contribution in [1.82, 2.24) is 9.97 Å². The molecule has 2 bridgehead atoms. The van der Waals surface area contributed by atoms with Crippen molar-refractivity contribution in [2.75, 3.05) is 17.2 Å². The molecule has 0 spiro atoms. The Balaban J connectivity index is 1.79. The number of carbonyl (C=O) groups excluding carboxylic acids is 1. The Morgan fingerprint density at radius 1 is 1.32 bits per heavy atom. The maximum atomic E-state index is 13.6. The molecule has 0 fully saturated rings. The summed E-state index contributed by atoms with van der Waals surface area (Å²) in [6.07, 6.45) is 3.03. The number of aryl methyl sites for hydroxylation is 1. The molecule has 1 amide bonds. The van der Waals surface area contributed by atoms with Crippen LogP contribution in [0, 0.1) is 23.7 Å². The van der Waals surface area contributed by atoms with Crippen molar-refractivity contribution < 1.29 is 14.2 Å². The van der Waals surface area contributed by atoms with Crippen molar-refractivity contribution in [2.45, 2.75) is 46.8 Å². The SMILES string of the molecule is Cc1ccc2c(c1)[C@@H](C)Oc1nc(cnc1N)C1=C(C#N)C(C)N=[N+]1CC1=CC(C)(C)C(=O)N12. The first-order chi connectivity index (χ1) is 16.1. The van der Waals surface area contributed by atoms with Gasteiger partial charge in [0.25, 0.3) is 11.6 Å². The molecule has 9 nitrogen and oxygen atoms in total. The predicted octanol–water partition coefficient (Wildman–Crippen LogP) is 3.88. The van der Waals surface area contributed by atoms with Gasteiger partial charge in [0.1, 0.15) is 17.7 Å². The molecule has 0 radical (unpaired) electrons. The molecule has 2 N–H and O–H groups in total. The number of ether oxygens (including phenoxy) is 1. The highest BCUT2D eigenvalue weighted by atomic mass is 16.5. The van der Waals surface area contributed by atoms with E-state index in [4.69, 9.17) is 15.6 Å². The van der Waals surface area contributed by atoms with E-state index in [1.165, 1.54) is 6.20 Å². The largest absolute Gasteiger partial charge is 0.467 e. The smallest absolute Gasteiger partial charge is 0.275 e. The van der Waals surface area contributed by atoms with Crippen LogP contribution in [0.15, 0.2) is 46.9 Å². The van der Waals surface area contributed by atoms with Crippen LogP contribution >= 0.6 is 0 Å². The molecular formula is C25H26N7O2+. The van der Waals surface area contributed by atoms with Gasteiger partial charge in [0.2, 0.25) is 12.5 Å². The average molecular weight is 457 g/mol. The molecule has 34 heavy (non-hydrogen) atoms. The minimum atomic E-state index is -0.698. The number of amides is 1. The summed E-state index contributed by atoms with van der Waals surface area (Å²) in [5, 5.41) is 14.6. The lowest BCUT2D eigenvalue weighted by atomic mass is 9.94. The van der Waals surface area contributed by atoms with Gasteiger partial charge in [0, 0.05) is 5.56 Å². The minimum absolute atomic E-state index is 0.0343. The number of hydrogen-bond donors (Lipinski definition) is 1. The van der Waals surface area contributed by atoms with Gasteiger partial charge in [0.05, 0.1) is 23.0 Å². The van der Waals surface area contributed by atoms with E-state index >= 15 is 0 Å². The third-order valence-electron chi connectivity index (χ3n) is 6.40. The second-order valence-electron chi connectivity index (χ2n) is 9.49. The fourth-order valence-electron chi connectivity index (χ4n) is 4.71. The molecule has 0 aliphatic carbocycles. The van der Waals surface area contributed by atoms with Crippen molar-refractivity contribution in [3.63, 3.8) is 0 Å². The van der Waals surface area contributed by atoms with Crippen molar-refractivity contribution in [2.24, 2.45) is 10.5 Å². The number of anilines is 2. The lowest BCUT2D eigenvalue weighted by Crippen LogP contribution is -2.35. The Morgan fingerprint density at radius 2 is 2.09 bits per heavy atom. The van der Waals surface area contributed by atoms with Crippen LogP contribution in [-0.4, -0.2) is 33.2 Å². The van der Waals surface area contributed by atoms with Crippen LogP contribution < -0.4 is 15.4 Å². The summed E-state index contributed by atoms with van der Waals surface area (Å²) in [6, 6.07) is 7.84. The molecule has 3 aliphatic rings. The van der Waals surface area contributed by atoms with Gasteiger partial charge in [-0.25, -0.2) is 9.97 Å². The number of aromatic nitrogens is 2. The Kier molecular flexibility index (Phi) is 4.79. The molecule has 3 aliphatic heterocycles. The van der Waals surface area contributed by atoms with E-state index in [1.807, 2.05) is 58.9 Å². The summed E-state index contributed by atoms with van der Waals surface area (Å²) < 4.78 is 7.94. The van der Waals surface area contributed by atoms with E-state index in [1.54, 1.807) is 9.60 Å². The summed E-state index contributed by atoms with van der Waals surface area (Å²) in [4.78, 5) is 24.3. The number of benzene rings is 1. The van der Waals surface area contributed by atoms with E-state index in [-0.39, 0.29) is 23.6 Å². The summed E-state index contributed by atoms with van der Waals surface area (Å²) in [5.74, 6) is 0.286. The Morgan fingerprint density at radius 3 is 2.82 bits per heavy atom. The zero-order chi connectivity index (χ0) is 24.4. The van der Waals surface area contributed by atoms with Gasteiger partial charge in [0.15, 0.2) is 17.6 Å². The highest BCUT2D eigenvalue weighted by Gasteiger charge is 2.45. The molecular weight excluding hydrogens is 430 g/mol. The van der Waals surface area contributed by atoms with Gasteiger partial charge in [-0.3, -0.25) is 9.69 Å². The van der Waals surface area contributed by atoms with Gasteiger partial charge in [-0.1, -0.05) is 22.4 Å². The summed E-state index contributed by atoms with van der Waals surface area (Å²) >= 11 is 0. The van der Waals surface area contributed by atoms with Crippen molar-refractivity contribution in [1.29, 1.82) is 5.26 Å². The third kappa shape index (κ3) is 3.25. The molecule has 4 heterocycles. The monoisotopic (exact) mass is 456 g/mol. The number of hydrogen-bond acceptors (Lipinski definition) is 7. The maximum absolute atomic E-state index is 13.6. The number of rotatable bonds is 0. The number of azo groups is 2. The number of nitriles is 1. The van der Waals surface area contributed by atoms with Crippen molar-refractivity contribution >= 4 is 23.1 Å². The van der Waals surface area contributed by atoms with Crippen LogP contribution in [0.2, 0.25) is 0 Å². The Labute approximate surface area is 197 Å². The minimum Gasteiger partial charge on any atom is -0.467 e. The standard InChI is InChI=1S/C25H26N7O2/c1-13-6-7-20-17(8-13)15(3)34-23-22(27)28-11-19(29-23)21-18(10-26)14(2)30-31(21)12-16-9-25(4,5)24(33)32(16)20/h6-9,11,14-15H,12H2,1-5H3,(H2,27,28)/q+1/t14?,15-/m1/s1. The maximum Gasteiger partial charge on any atom is 0.275 e. The Hall–Kier alpha value is -4.06. The number of fused-ring (bicyclic) bond motifs is 7. The number of nitrogens with zero attached hydrogens (tertiary/aromatic N) is 6. The van der Waals surface area contributed by atoms with E-state index in [0.717, 1.165) is 22.5 Å². The molecule has 0 saturated heterocycles. The number of nitrogens with two attached hydrogens (primary N) is 1. The second kappa shape index (κ2) is 7.48. The zero-order valence-electron chi connectivity index (χ0n) is 19.8. The zero-order valence-corrected chi connectivity index (χ0v) is 19.8.